The molecule has 0 saturated heterocycles. The molecular weight excluding hydrogens is 372 g/mol. The highest BCUT2D eigenvalue weighted by molar-refractivity contribution is 5.66. The summed E-state index contributed by atoms with van der Waals surface area (Å²) in [5, 5.41) is 0. The molecule has 1 aliphatic rings. The Kier molecular flexibility index (Phi) is 13.4. The molecule has 0 amide bonds. The number of carbonyl (C=O) groups is 3. The van der Waals surface area contributed by atoms with Crippen LogP contribution in [0.1, 0.15) is 85.0 Å². The molecule has 6 nitrogen and oxygen atoms in total. The molecule has 0 N–H and O–H groups in total. The molecule has 1 aliphatic carbocycles. The lowest BCUT2D eigenvalue weighted by atomic mass is 9.83. The van der Waals surface area contributed by atoms with Gasteiger partial charge in [-0.05, 0) is 38.0 Å². The van der Waals surface area contributed by atoms with E-state index in [0.717, 1.165) is 51.4 Å². The van der Waals surface area contributed by atoms with Crippen LogP contribution in [0.4, 0.5) is 0 Å². The molecule has 29 heavy (non-hydrogen) atoms. The number of unbranched alkanes of at least 4 members (excludes halogenated alkanes) is 2. The van der Waals surface area contributed by atoms with Crippen LogP contribution >= 0.6 is 0 Å². The van der Waals surface area contributed by atoms with Gasteiger partial charge in [0.15, 0.2) is 0 Å². The zero-order valence-electron chi connectivity index (χ0n) is 18.1. The van der Waals surface area contributed by atoms with Crippen molar-refractivity contribution >= 4 is 18.4 Å². The molecule has 165 valence electrons. The number of ether oxygens (including phenoxy) is 3. The molecule has 0 aromatic carbocycles. The van der Waals surface area contributed by atoms with Gasteiger partial charge in [0, 0.05) is 33.1 Å². The first-order chi connectivity index (χ1) is 14.0. The highest BCUT2D eigenvalue weighted by Gasteiger charge is 2.30. The summed E-state index contributed by atoms with van der Waals surface area (Å²) in [5.74, 6) is -0.398. The molecule has 1 saturated carbocycles. The minimum atomic E-state index is -0.498. The minimum absolute atomic E-state index is 0.270. The molecule has 0 spiro atoms. The zero-order chi connectivity index (χ0) is 21.5. The summed E-state index contributed by atoms with van der Waals surface area (Å²) in [6.07, 6.45) is 14.2. The van der Waals surface area contributed by atoms with Crippen molar-refractivity contribution in [2.45, 2.75) is 103 Å². The fourth-order valence-electron chi connectivity index (χ4n) is 3.85. The summed E-state index contributed by atoms with van der Waals surface area (Å²) < 4.78 is 16.2. The van der Waals surface area contributed by atoms with Crippen LogP contribution in [-0.2, 0) is 28.6 Å². The van der Waals surface area contributed by atoms with Crippen molar-refractivity contribution in [1.82, 2.24) is 0 Å². The lowest BCUT2D eigenvalue weighted by Crippen LogP contribution is -2.33. The molecule has 0 aromatic rings. The first-order valence-corrected chi connectivity index (χ1v) is 10.9. The number of rotatable bonds is 15. The average molecular weight is 410 g/mol. The first kappa shape index (κ1) is 25.4. The molecular formula is C23H37O6. The van der Waals surface area contributed by atoms with Crippen LogP contribution in [0.3, 0.4) is 0 Å². The quantitative estimate of drug-likeness (QED) is 0.171. The van der Waals surface area contributed by atoms with E-state index in [4.69, 9.17) is 14.2 Å². The van der Waals surface area contributed by atoms with Crippen LogP contribution in [0.15, 0.2) is 0 Å². The minimum Gasteiger partial charge on any atom is -0.464 e. The second-order valence-electron chi connectivity index (χ2n) is 7.77. The van der Waals surface area contributed by atoms with Gasteiger partial charge in [-0.2, -0.15) is 0 Å². The Labute approximate surface area is 176 Å². The normalized spacial score (nSPS) is 17.8. The lowest BCUT2D eigenvalue weighted by Gasteiger charge is -2.32. The van der Waals surface area contributed by atoms with Gasteiger partial charge in [-0.1, -0.05) is 39.0 Å². The van der Waals surface area contributed by atoms with E-state index >= 15 is 0 Å². The van der Waals surface area contributed by atoms with Crippen LogP contribution < -0.4 is 0 Å². The van der Waals surface area contributed by atoms with Crippen molar-refractivity contribution in [3.63, 3.8) is 0 Å². The van der Waals surface area contributed by atoms with Crippen LogP contribution in [0.2, 0.25) is 0 Å². The van der Waals surface area contributed by atoms with Gasteiger partial charge >= 0.3 is 11.9 Å². The van der Waals surface area contributed by atoms with E-state index in [1.54, 1.807) is 12.8 Å². The van der Waals surface area contributed by atoms with Crippen LogP contribution in [0, 0.1) is 25.2 Å². The first-order valence-electron chi connectivity index (χ1n) is 10.9. The predicted octanol–water partition coefficient (Wildman–Crippen LogP) is 4.55. The number of hydrogen-bond donors (Lipinski definition) is 0. The van der Waals surface area contributed by atoms with Crippen molar-refractivity contribution in [3.05, 3.63) is 19.3 Å². The molecule has 1 fully saturated rings. The molecule has 3 atom stereocenters. The molecule has 0 heterocycles. The van der Waals surface area contributed by atoms with Crippen molar-refractivity contribution in [1.29, 1.82) is 0 Å². The molecule has 0 unspecified atom stereocenters. The maximum Gasteiger partial charge on any atom is 0.302 e. The molecule has 1 rings (SSSR count). The van der Waals surface area contributed by atoms with Crippen molar-refractivity contribution in [2.24, 2.45) is 5.92 Å². The van der Waals surface area contributed by atoms with Gasteiger partial charge in [0.05, 0.1) is 0 Å². The molecule has 0 bridgehead atoms. The van der Waals surface area contributed by atoms with E-state index in [-0.39, 0.29) is 24.1 Å². The van der Waals surface area contributed by atoms with Gasteiger partial charge in [-0.15, -0.1) is 0 Å². The average Bonchev–Trinajstić information content (AvgIpc) is 2.67. The fourth-order valence-corrected chi connectivity index (χ4v) is 3.85. The van der Waals surface area contributed by atoms with Gasteiger partial charge in [-0.25, -0.2) is 0 Å². The van der Waals surface area contributed by atoms with Crippen molar-refractivity contribution < 1.29 is 28.6 Å². The predicted molar refractivity (Wildman–Crippen MR) is 110 cm³/mol. The molecule has 0 aromatic heterocycles. The summed E-state index contributed by atoms with van der Waals surface area (Å²) >= 11 is 0. The van der Waals surface area contributed by atoms with Gasteiger partial charge < -0.3 is 14.2 Å². The Morgan fingerprint density at radius 3 is 2.21 bits per heavy atom. The fraction of sp³-hybridized carbons (Fsp3) is 0.739. The summed E-state index contributed by atoms with van der Waals surface area (Å²) in [5.41, 5.74) is 0. The Bertz CT molecular complexity index is 472. The standard InChI is InChI=1S/C23H37O6/c1-4-5-7-13-21(27-17-24)14-10-15-22(28-18(2)25)16-23(29-19(3)26)20-11-8-6-9-12-20/h10,14-15,17,20-23H,4-9,11-13,16H2,1-3H3/t21-,22-,23-/m1/s1. The number of hydrogen-bond acceptors (Lipinski definition) is 6. The van der Waals surface area contributed by atoms with E-state index in [1.807, 2.05) is 6.42 Å². The highest BCUT2D eigenvalue weighted by atomic mass is 16.6. The maximum atomic E-state index is 11.6. The second kappa shape index (κ2) is 15.3. The monoisotopic (exact) mass is 409 g/mol. The third-order valence-electron chi connectivity index (χ3n) is 5.25. The van der Waals surface area contributed by atoms with E-state index in [1.165, 1.54) is 20.3 Å². The summed E-state index contributed by atoms with van der Waals surface area (Å²) in [7, 11) is 0. The van der Waals surface area contributed by atoms with Crippen LogP contribution in [0.25, 0.3) is 0 Å². The highest BCUT2D eigenvalue weighted by Crippen LogP contribution is 2.31. The number of carbonyl (C=O) groups excluding carboxylic acids is 3. The van der Waals surface area contributed by atoms with E-state index in [2.05, 4.69) is 6.92 Å². The maximum absolute atomic E-state index is 11.6. The summed E-state index contributed by atoms with van der Waals surface area (Å²) in [6, 6.07) is 0. The third kappa shape index (κ3) is 11.9. The summed E-state index contributed by atoms with van der Waals surface area (Å²) in [6.45, 7) is 5.37. The molecule has 3 radical (unpaired) electrons. The summed E-state index contributed by atoms with van der Waals surface area (Å²) in [4.78, 5) is 33.9. The smallest absolute Gasteiger partial charge is 0.302 e. The SMILES string of the molecule is CCCCC[C@H]([CH][CH][CH][C@H](C[C@@H](OC(C)=O)C1CCCCC1)OC(C)=O)OC=O. The second-order valence-corrected chi connectivity index (χ2v) is 7.77. The Morgan fingerprint density at radius 1 is 0.966 bits per heavy atom. The zero-order valence-corrected chi connectivity index (χ0v) is 18.1. The van der Waals surface area contributed by atoms with Crippen LogP contribution in [0.5, 0.6) is 0 Å². The van der Waals surface area contributed by atoms with Crippen LogP contribution in [-0.4, -0.2) is 36.7 Å². The van der Waals surface area contributed by atoms with E-state index in [9.17, 15) is 14.4 Å². The van der Waals surface area contributed by atoms with Crippen molar-refractivity contribution in [3.8, 4) is 0 Å². The van der Waals surface area contributed by atoms with E-state index in [0.29, 0.717) is 18.8 Å². The van der Waals surface area contributed by atoms with Gasteiger partial charge in [0.2, 0.25) is 0 Å². The molecule has 0 aliphatic heterocycles. The number of esters is 2. The molecule has 6 heteroatoms. The van der Waals surface area contributed by atoms with Gasteiger partial charge in [0.25, 0.3) is 6.47 Å². The van der Waals surface area contributed by atoms with Gasteiger partial charge in [-0.3, -0.25) is 14.4 Å². The van der Waals surface area contributed by atoms with E-state index < -0.39 is 6.10 Å². The van der Waals surface area contributed by atoms with Crippen molar-refractivity contribution in [2.75, 3.05) is 0 Å². The third-order valence-corrected chi connectivity index (χ3v) is 5.25. The van der Waals surface area contributed by atoms with Gasteiger partial charge in [0.1, 0.15) is 18.3 Å². The Morgan fingerprint density at radius 2 is 1.62 bits per heavy atom. The largest absolute Gasteiger partial charge is 0.464 e. The topological polar surface area (TPSA) is 78.9 Å². The Hall–Kier alpha value is -1.59. The lowest BCUT2D eigenvalue weighted by molar-refractivity contribution is -0.154. The Balaban J connectivity index is 2.61.